The first-order valence-electron chi connectivity index (χ1n) is 7.93. The molecule has 0 aliphatic rings. The predicted octanol–water partition coefficient (Wildman–Crippen LogP) is 3.91. The molecule has 0 heterocycles. The maximum absolute atomic E-state index is 9.50. The summed E-state index contributed by atoms with van der Waals surface area (Å²) in [4.78, 5) is 0. The van der Waals surface area contributed by atoms with Crippen LogP contribution in [-0.4, -0.2) is 43.4 Å². The minimum Gasteiger partial charge on any atom is -0.393 e. The van der Waals surface area contributed by atoms with E-state index in [4.69, 9.17) is 25.3 Å². The Hall–Kier alpha value is 0.970. The second-order valence-electron chi connectivity index (χ2n) is 6.65. The van der Waals surface area contributed by atoms with Gasteiger partial charge < -0.3 is 10.2 Å². The van der Waals surface area contributed by atoms with Crippen LogP contribution in [0.15, 0.2) is 0 Å². The van der Waals surface area contributed by atoms with Gasteiger partial charge in [0.2, 0.25) is 0 Å². The van der Waals surface area contributed by atoms with E-state index in [-0.39, 0.29) is 22.7 Å². The molecule has 21 heavy (non-hydrogen) atoms. The maximum atomic E-state index is 9.50. The molecule has 0 aliphatic carbocycles. The fourth-order valence-electron chi connectivity index (χ4n) is 2.78. The Balaban J connectivity index is 4.38. The number of rotatable bonds is 10. The van der Waals surface area contributed by atoms with E-state index in [2.05, 4.69) is 27.7 Å². The maximum Gasteiger partial charge on any atom is 0.0515 e. The third-order valence-corrected chi connectivity index (χ3v) is 7.74. The van der Waals surface area contributed by atoms with Crippen LogP contribution in [0.3, 0.4) is 0 Å². The van der Waals surface area contributed by atoms with Crippen molar-refractivity contribution < 1.29 is 10.2 Å². The van der Waals surface area contributed by atoms with Crippen LogP contribution in [0.4, 0.5) is 0 Å². The summed E-state index contributed by atoms with van der Waals surface area (Å²) in [5.41, 5.74) is 0. The molecule has 0 fully saturated rings. The van der Waals surface area contributed by atoms with Crippen LogP contribution < -0.4 is 0 Å². The first-order chi connectivity index (χ1) is 9.56. The largest absolute Gasteiger partial charge is 0.393 e. The van der Waals surface area contributed by atoms with E-state index in [0.717, 1.165) is 12.8 Å². The van der Waals surface area contributed by atoms with Crippen LogP contribution in [0.1, 0.15) is 54.4 Å². The molecule has 0 aliphatic heterocycles. The summed E-state index contributed by atoms with van der Waals surface area (Å²) in [6.45, 7) is 12.4. The van der Waals surface area contributed by atoms with E-state index in [1.807, 2.05) is 25.6 Å². The van der Waals surface area contributed by atoms with Gasteiger partial charge in [0, 0.05) is 21.0 Å². The number of thiol groups is 2. The zero-order valence-electron chi connectivity index (χ0n) is 14.2. The van der Waals surface area contributed by atoms with Crippen molar-refractivity contribution in [1.29, 1.82) is 0 Å². The lowest BCUT2D eigenvalue weighted by atomic mass is 9.98. The smallest absolute Gasteiger partial charge is 0.0515 e. The van der Waals surface area contributed by atoms with Crippen molar-refractivity contribution in [3.8, 4) is 0 Å². The number of hydrogen-bond donors (Lipinski definition) is 4. The Morgan fingerprint density at radius 3 is 1.24 bits per heavy atom. The molecule has 0 aromatic carbocycles. The van der Waals surface area contributed by atoms with E-state index in [1.165, 1.54) is 0 Å². The fraction of sp³-hybridized carbons (Fsp3) is 1.00. The quantitative estimate of drug-likeness (QED) is 0.450. The molecule has 0 aromatic rings. The molecule has 0 rings (SSSR count). The molecule has 2 N–H and O–H groups in total. The fourth-order valence-corrected chi connectivity index (χ4v) is 4.98. The highest BCUT2D eigenvalue weighted by atomic mass is 32.2. The van der Waals surface area contributed by atoms with Crippen molar-refractivity contribution >= 4 is 37.0 Å². The molecule has 128 valence electrons. The lowest BCUT2D eigenvalue weighted by Gasteiger charge is -2.31. The second-order valence-corrected chi connectivity index (χ2v) is 9.60. The predicted molar refractivity (Wildman–Crippen MR) is 103 cm³/mol. The number of aliphatic hydroxyl groups is 2. The minimum absolute atomic E-state index is 0.264. The molecule has 8 unspecified atom stereocenters. The van der Waals surface area contributed by atoms with Crippen molar-refractivity contribution in [2.75, 3.05) is 0 Å². The Labute approximate surface area is 146 Å². The Bertz CT molecular complexity index is 248. The van der Waals surface area contributed by atoms with Crippen LogP contribution in [0, 0.1) is 11.8 Å². The highest BCUT2D eigenvalue weighted by molar-refractivity contribution is 8.02. The molecule has 0 saturated heterocycles. The van der Waals surface area contributed by atoms with Crippen molar-refractivity contribution in [2.24, 2.45) is 11.8 Å². The van der Waals surface area contributed by atoms with Crippen molar-refractivity contribution in [2.45, 2.75) is 87.6 Å². The standard InChI is InChI=1S/C16H34O2S3/c1-9(7-11(3)17)15(19)13(5)21-14(6)16(20)10(2)8-12(4)18/h9-20H,7-8H2,1-6H3. The van der Waals surface area contributed by atoms with Crippen molar-refractivity contribution in [3.05, 3.63) is 0 Å². The van der Waals surface area contributed by atoms with Gasteiger partial charge in [0.25, 0.3) is 0 Å². The lowest BCUT2D eigenvalue weighted by molar-refractivity contribution is 0.163. The molecule has 0 amide bonds. The molecule has 0 bridgehead atoms. The van der Waals surface area contributed by atoms with Gasteiger partial charge in [0.1, 0.15) is 0 Å². The monoisotopic (exact) mass is 354 g/mol. The Morgan fingerprint density at radius 2 is 1.00 bits per heavy atom. The van der Waals surface area contributed by atoms with E-state index in [1.54, 1.807) is 0 Å². The summed E-state index contributed by atoms with van der Waals surface area (Å²) in [5, 5.41) is 20.4. The molecule has 0 saturated carbocycles. The molecule has 0 spiro atoms. The topological polar surface area (TPSA) is 40.5 Å². The number of thioether (sulfide) groups is 1. The molecular weight excluding hydrogens is 320 g/mol. The average Bonchev–Trinajstić information content (AvgIpc) is 2.34. The molecule has 8 atom stereocenters. The van der Waals surface area contributed by atoms with Gasteiger partial charge in [-0.05, 0) is 38.5 Å². The van der Waals surface area contributed by atoms with Crippen molar-refractivity contribution in [1.82, 2.24) is 0 Å². The van der Waals surface area contributed by atoms with Crippen molar-refractivity contribution in [3.63, 3.8) is 0 Å². The third kappa shape index (κ3) is 8.99. The van der Waals surface area contributed by atoms with Gasteiger partial charge in [-0.3, -0.25) is 0 Å². The second kappa shape index (κ2) is 10.7. The van der Waals surface area contributed by atoms with Gasteiger partial charge in [-0.1, -0.05) is 27.7 Å². The number of hydrogen-bond acceptors (Lipinski definition) is 5. The first kappa shape index (κ1) is 22.0. The van der Waals surface area contributed by atoms with Gasteiger partial charge >= 0.3 is 0 Å². The summed E-state index contributed by atoms with van der Waals surface area (Å²) < 4.78 is 0. The van der Waals surface area contributed by atoms with Crippen LogP contribution in [-0.2, 0) is 0 Å². The van der Waals surface area contributed by atoms with Crippen LogP contribution in [0.2, 0.25) is 0 Å². The summed E-state index contributed by atoms with van der Waals surface area (Å²) in [7, 11) is 0. The van der Waals surface area contributed by atoms with E-state index in [9.17, 15) is 10.2 Å². The molecule has 0 radical (unpaired) electrons. The number of aliphatic hydroxyl groups excluding tert-OH is 2. The SMILES string of the molecule is CC(O)CC(C)C(S)C(C)SC(C)C(S)C(C)CC(C)O. The van der Waals surface area contributed by atoms with E-state index < -0.39 is 0 Å². The third-order valence-electron chi connectivity index (χ3n) is 3.98. The molecular formula is C16H34O2S3. The van der Waals surface area contributed by atoms with E-state index >= 15 is 0 Å². The highest BCUT2D eigenvalue weighted by Crippen LogP contribution is 2.34. The summed E-state index contributed by atoms with van der Waals surface area (Å²) in [6.07, 6.45) is 1.03. The summed E-state index contributed by atoms with van der Waals surface area (Å²) in [6, 6.07) is 0. The Kier molecular flexibility index (Phi) is 11.2. The molecule has 5 heteroatoms. The zero-order valence-corrected chi connectivity index (χ0v) is 16.8. The van der Waals surface area contributed by atoms with E-state index in [0.29, 0.717) is 22.3 Å². The normalized spacial score (nSPS) is 23.7. The highest BCUT2D eigenvalue weighted by Gasteiger charge is 2.27. The van der Waals surface area contributed by atoms with Gasteiger partial charge in [0.15, 0.2) is 0 Å². The first-order valence-corrected chi connectivity index (χ1v) is 9.91. The van der Waals surface area contributed by atoms with Gasteiger partial charge in [-0.15, -0.1) is 0 Å². The van der Waals surface area contributed by atoms with Gasteiger partial charge in [-0.2, -0.15) is 37.0 Å². The average molecular weight is 355 g/mol. The van der Waals surface area contributed by atoms with Gasteiger partial charge in [0.05, 0.1) is 12.2 Å². The lowest BCUT2D eigenvalue weighted by Crippen LogP contribution is -2.31. The van der Waals surface area contributed by atoms with Gasteiger partial charge in [-0.25, -0.2) is 0 Å². The molecule has 0 aromatic heterocycles. The molecule has 2 nitrogen and oxygen atoms in total. The van der Waals surface area contributed by atoms with Crippen LogP contribution in [0.5, 0.6) is 0 Å². The van der Waals surface area contributed by atoms with Crippen LogP contribution >= 0.6 is 37.0 Å². The summed E-state index contributed by atoms with van der Waals surface area (Å²) >= 11 is 11.4. The summed E-state index contributed by atoms with van der Waals surface area (Å²) in [5.74, 6) is 0.771. The Morgan fingerprint density at radius 1 is 0.714 bits per heavy atom. The zero-order chi connectivity index (χ0) is 16.7. The minimum atomic E-state index is -0.270. The van der Waals surface area contributed by atoms with Crippen LogP contribution in [0.25, 0.3) is 0 Å².